The van der Waals surface area contributed by atoms with E-state index in [0.717, 1.165) is 5.56 Å². The number of hydrogen-bond acceptors (Lipinski definition) is 3. The number of aryl methyl sites for hydroxylation is 1. The third kappa shape index (κ3) is 5.29. The van der Waals surface area contributed by atoms with Gasteiger partial charge in [0.25, 0.3) is 5.91 Å². The van der Waals surface area contributed by atoms with Crippen molar-refractivity contribution in [2.75, 3.05) is 10.6 Å². The molecule has 0 fully saturated rings. The first-order valence-electron chi connectivity index (χ1n) is 7.94. The fourth-order valence-corrected chi connectivity index (χ4v) is 2.31. The summed E-state index contributed by atoms with van der Waals surface area (Å²) in [6, 6.07) is 11.7. The lowest BCUT2D eigenvalue weighted by molar-refractivity contribution is -0.114. The van der Waals surface area contributed by atoms with Gasteiger partial charge in [-0.15, -0.1) is 0 Å². The topological polar surface area (TPSA) is 75.3 Å². The number of hydrogen-bond donors (Lipinski definition) is 2. The van der Waals surface area contributed by atoms with Crippen LogP contribution in [-0.4, -0.2) is 17.6 Å². The molecule has 0 bridgehead atoms. The van der Waals surface area contributed by atoms with Crippen LogP contribution in [0.25, 0.3) is 0 Å². The summed E-state index contributed by atoms with van der Waals surface area (Å²) in [7, 11) is 0. The SMILES string of the molecule is CC(=O)c1ccc(NC(=O)/C(C)=C\C(=O)Nc2ccc(C)c(Cl)c2)cc1. The molecule has 0 aliphatic heterocycles. The van der Waals surface area contributed by atoms with E-state index in [9.17, 15) is 14.4 Å². The average Bonchev–Trinajstić information content (AvgIpc) is 2.58. The predicted octanol–water partition coefficient (Wildman–Crippen LogP) is 4.37. The summed E-state index contributed by atoms with van der Waals surface area (Å²) in [4.78, 5) is 35.5. The van der Waals surface area contributed by atoms with Gasteiger partial charge in [-0.25, -0.2) is 0 Å². The molecule has 0 unspecified atom stereocenters. The van der Waals surface area contributed by atoms with Crippen LogP contribution in [0.1, 0.15) is 29.8 Å². The maximum atomic E-state index is 12.2. The molecule has 6 heteroatoms. The molecule has 2 aromatic carbocycles. The second-order valence-electron chi connectivity index (χ2n) is 5.87. The highest BCUT2D eigenvalue weighted by molar-refractivity contribution is 6.31. The number of amides is 2. The molecule has 0 aliphatic rings. The minimum atomic E-state index is -0.426. The van der Waals surface area contributed by atoms with Crippen LogP contribution >= 0.6 is 11.6 Å². The molecule has 0 saturated heterocycles. The summed E-state index contributed by atoms with van der Waals surface area (Å²) >= 11 is 6.02. The fraction of sp³-hybridized carbons (Fsp3) is 0.150. The second kappa shape index (κ2) is 8.45. The van der Waals surface area contributed by atoms with E-state index in [1.54, 1.807) is 49.4 Å². The van der Waals surface area contributed by atoms with Gasteiger partial charge in [0.2, 0.25) is 5.91 Å². The van der Waals surface area contributed by atoms with Crippen molar-refractivity contribution in [3.05, 3.63) is 70.3 Å². The number of ketones is 1. The third-order valence-corrected chi connectivity index (χ3v) is 4.10. The monoisotopic (exact) mass is 370 g/mol. The highest BCUT2D eigenvalue weighted by atomic mass is 35.5. The quantitative estimate of drug-likeness (QED) is 0.606. The van der Waals surface area contributed by atoms with Gasteiger partial charge in [0.1, 0.15) is 0 Å². The Hall–Kier alpha value is -2.92. The molecule has 0 aromatic heterocycles. The summed E-state index contributed by atoms with van der Waals surface area (Å²) in [6.07, 6.45) is 1.22. The van der Waals surface area contributed by atoms with E-state index in [0.29, 0.717) is 22.0 Å². The van der Waals surface area contributed by atoms with E-state index in [-0.39, 0.29) is 11.4 Å². The maximum absolute atomic E-state index is 12.2. The van der Waals surface area contributed by atoms with Crippen LogP contribution in [-0.2, 0) is 9.59 Å². The van der Waals surface area contributed by atoms with Gasteiger partial charge in [-0.2, -0.15) is 0 Å². The number of carbonyl (C=O) groups excluding carboxylic acids is 3. The van der Waals surface area contributed by atoms with Gasteiger partial charge in [-0.05, 0) is 62.7 Å². The normalized spacial score (nSPS) is 11.0. The van der Waals surface area contributed by atoms with Crippen molar-refractivity contribution in [1.29, 1.82) is 0 Å². The Morgan fingerprint density at radius 2 is 1.54 bits per heavy atom. The lowest BCUT2D eigenvalue weighted by atomic mass is 10.1. The van der Waals surface area contributed by atoms with Crippen molar-refractivity contribution >= 4 is 40.6 Å². The van der Waals surface area contributed by atoms with Crippen molar-refractivity contribution in [2.45, 2.75) is 20.8 Å². The Morgan fingerprint density at radius 3 is 2.12 bits per heavy atom. The number of anilines is 2. The Morgan fingerprint density at radius 1 is 0.923 bits per heavy atom. The number of nitrogens with one attached hydrogen (secondary N) is 2. The highest BCUT2D eigenvalue weighted by Gasteiger charge is 2.09. The number of carbonyl (C=O) groups is 3. The fourth-order valence-electron chi connectivity index (χ4n) is 2.13. The summed E-state index contributed by atoms with van der Waals surface area (Å²) < 4.78 is 0. The zero-order valence-electron chi connectivity index (χ0n) is 14.7. The number of benzene rings is 2. The molecule has 0 atom stereocenters. The first-order valence-corrected chi connectivity index (χ1v) is 8.32. The van der Waals surface area contributed by atoms with Gasteiger partial charge >= 0.3 is 0 Å². The molecular weight excluding hydrogens is 352 g/mol. The number of halogens is 1. The zero-order chi connectivity index (χ0) is 19.3. The van der Waals surface area contributed by atoms with E-state index < -0.39 is 11.8 Å². The molecule has 2 N–H and O–H groups in total. The predicted molar refractivity (Wildman–Crippen MR) is 104 cm³/mol. The average molecular weight is 371 g/mol. The van der Waals surface area contributed by atoms with Crippen LogP contribution in [0.2, 0.25) is 5.02 Å². The van der Waals surface area contributed by atoms with Crippen LogP contribution in [0.15, 0.2) is 54.1 Å². The Labute approximate surface area is 157 Å². The summed E-state index contributed by atoms with van der Waals surface area (Å²) in [6.45, 7) is 4.88. The van der Waals surface area contributed by atoms with Crippen LogP contribution < -0.4 is 10.6 Å². The van der Waals surface area contributed by atoms with Crippen LogP contribution in [0.3, 0.4) is 0 Å². The largest absolute Gasteiger partial charge is 0.322 e. The van der Waals surface area contributed by atoms with Crippen molar-refractivity contribution in [3.8, 4) is 0 Å². The molecule has 0 saturated carbocycles. The summed E-state index contributed by atoms with van der Waals surface area (Å²) in [5.41, 5.74) is 2.81. The smallest absolute Gasteiger partial charge is 0.251 e. The zero-order valence-corrected chi connectivity index (χ0v) is 15.5. The van der Waals surface area contributed by atoms with Gasteiger partial charge in [0.05, 0.1) is 0 Å². The van der Waals surface area contributed by atoms with E-state index in [1.165, 1.54) is 13.0 Å². The molecule has 2 rings (SSSR count). The molecule has 5 nitrogen and oxygen atoms in total. The van der Waals surface area contributed by atoms with Gasteiger partial charge in [0, 0.05) is 33.6 Å². The lowest BCUT2D eigenvalue weighted by Gasteiger charge is -2.07. The lowest BCUT2D eigenvalue weighted by Crippen LogP contribution is -2.16. The van der Waals surface area contributed by atoms with Gasteiger partial charge in [0.15, 0.2) is 5.78 Å². The van der Waals surface area contributed by atoms with Gasteiger partial charge in [-0.3, -0.25) is 14.4 Å². The molecule has 0 aliphatic carbocycles. The number of rotatable bonds is 5. The number of Topliss-reactive ketones (excluding diaryl/α,β-unsaturated/α-hetero) is 1. The Bertz CT molecular complexity index is 886. The summed E-state index contributed by atoms with van der Waals surface area (Å²) in [5.74, 6) is -0.881. The van der Waals surface area contributed by atoms with E-state index in [2.05, 4.69) is 10.6 Å². The van der Waals surface area contributed by atoms with Crippen molar-refractivity contribution in [2.24, 2.45) is 0 Å². The molecular formula is C20H19ClN2O3. The van der Waals surface area contributed by atoms with E-state index in [1.807, 2.05) is 6.92 Å². The molecule has 0 radical (unpaired) electrons. The van der Waals surface area contributed by atoms with Crippen LogP contribution in [0.4, 0.5) is 11.4 Å². The van der Waals surface area contributed by atoms with Gasteiger partial charge in [-0.1, -0.05) is 17.7 Å². The Kier molecular flexibility index (Phi) is 6.31. The van der Waals surface area contributed by atoms with E-state index in [4.69, 9.17) is 11.6 Å². The van der Waals surface area contributed by atoms with E-state index >= 15 is 0 Å². The maximum Gasteiger partial charge on any atom is 0.251 e. The minimum absolute atomic E-state index is 0.0492. The van der Waals surface area contributed by atoms with Crippen LogP contribution in [0, 0.1) is 6.92 Å². The van der Waals surface area contributed by atoms with Crippen LogP contribution in [0.5, 0.6) is 0 Å². The van der Waals surface area contributed by atoms with Gasteiger partial charge < -0.3 is 10.6 Å². The van der Waals surface area contributed by atoms with Crippen molar-refractivity contribution < 1.29 is 14.4 Å². The first-order chi connectivity index (χ1) is 12.3. The molecule has 2 aromatic rings. The molecule has 134 valence electrons. The highest BCUT2D eigenvalue weighted by Crippen LogP contribution is 2.20. The molecule has 2 amide bonds. The molecule has 0 spiro atoms. The third-order valence-electron chi connectivity index (χ3n) is 3.69. The van der Waals surface area contributed by atoms with Crippen molar-refractivity contribution in [1.82, 2.24) is 0 Å². The summed E-state index contributed by atoms with van der Waals surface area (Å²) in [5, 5.41) is 5.89. The Balaban J connectivity index is 2.00. The molecule has 0 heterocycles. The minimum Gasteiger partial charge on any atom is -0.322 e. The second-order valence-corrected chi connectivity index (χ2v) is 6.28. The van der Waals surface area contributed by atoms with Crippen molar-refractivity contribution in [3.63, 3.8) is 0 Å². The molecule has 26 heavy (non-hydrogen) atoms. The standard InChI is InChI=1S/C20H19ClN2O3/c1-12-4-7-17(11-18(12)21)22-19(25)10-13(2)20(26)23-16-8-5-15(6-9-16)14(3)24/h4-11H,1-3H3,(H,22,25)(H,23,26)/b13-10-. The first kappa shape index (κ1) is 19.4.